The van der Waals surface area contributed by atoms with Gasteiger partial charge in [-0.15, -0.1) is 0 Å². The molecule has 138 valence electrons. The Morgan fingerprint density at radius 3 is 2.58 bits per heavy atom. The van der Waals surface area contributed by atoms with Crippen LogP contribution in [0.15, 0.2) is 24.4 Å². The van der Waals surface area contributed by atoms with E-state index in [1.807, 2.05) is 26.0 Å². The minimum atomic E-state index is -0.390. The molecule has 0 aliphatic carbocycles. The number of hydrogen-bond donors (Lipinski definition) is 1. The third-order valence-electron chi connectivity index (χ3n) is 4.95. The Hall–Kier alpha value is -1.89. The molecule has 1 aromatic carbocycles. The van der Waals surface area contributed by atoms with Crippen molar-refractivity contribution in [1.29, 1.82) is 0 Å². The molecule has 6 nitrogen and oxygen atoms in total. The molecule has 0 atom stereocenters. The lowest BCUT2D eigenvalue weighted by atomic mass is 10.0. The maximum atomic E-state index is 6.40. The van der Waals surface area contributed by atoms with Crippen molar-refractivity contribution < 1.29 is 9.47 Å². The number of benzene rings is 1. The first-order valence-electron chi connectivity index (χ1n) is 8.94. The van der Waals surface area contributed by atoms with Gasteiger partial charge in [0, 0.05) is 32.1 Å². The van der Waals surface area contributed by atoms with Crippen LogP contribution in [0.2, 0.25) is 5.02 Å². The average Bonchev–Trinajstić information content (AvgIpc) is 3.07. The summed E-state index contributed by atoms with van der Waals surface area (Å²) in [7, 11) is 0. The predicted molar refractivity (Wildman–Crippen MR) is 102 cm³/mol. The molecule has 1 N–H and O–H groups in total. The van der Waals surface area contributed by atoms with Crippen LogP contribution in [0.4, 0.5) is 17.5 Å². The number of ether oxygens (including phenoxy) is 2. The highest BCUT2D eigenvalue weighted by Gasteiger charge is 2.40. The number of nitrogens with zero attached hydrogens (tertiary/aromatic N) is 3. The van der Waals surface area contributed by atoms with Gasteiger partial charge in [-0.25, -0.2) is 4.98 Å². The largest absolute Gasteiger partial charge is 0.347 e. The molecule has 0 unspecified atom stereocenters. The van der Waals surface area contributed by atoms with E-state index in [1.165, 1.54) is 0 Å². The van der Waals surface area contributed by atoms with Gasteiger partial charge in [-0.3, -0.25) is 0 Å². The van der Waals surface area contributed by atoms with Crippen LogP contribution in [0.3, 0.4) is 0 Å². The van der Waals surface area contributed by atoms with E-state index >= 15 is 0 Å². The SMILES string of the molecule is Cc1cc(C)c(Nc2ccnc(N3CCC4(CC3)OCCO4)n2)c(Cl)c1. The molecule has 0 saturated carbocycles. The van der Waals surface area contributed by atoms with Crippen molar-refractivity contribution in [3.05, 3.63) is 40.5 Å². The van der Waals surface area contributed by atoms with E-state index in [1.54, 1.807) is 6.20 Å². The van der Waals surface area contributed by atoms with Crippen molar-refractivity contribution in [2.24, 2.45) is 0 Å². The molecule has 0 bridgehead atoms. The fourth-order valence-electron chi connectivity index (χ4n) is 3.61. The summed E-state index contributed by atoms with van der Waals surface area (Å²) in [6, 6.07) is 5.90. The van der Waals surface area contributed by atoms with Crippen LogP contribution in [0, 0.1) is 13.8 Å². The topological polar surface area (TPSA) is 59.5 Å². The standard InChI is InChI=1S/C19H23ClN4O2/c1-13-11-14(2)17(15(20)12-13)22-16-3-6-21-18(23-16)24-7-4-19(5-8-24)25-9-10-26-19/h3,6,11-12H,4-5,7-10H2,1-2H3,(H,21,22,23). The highest BCUT2D eigenvalue weighted by atomic mass is 35.5. The summed E-state index contributed by atoms with van der Waals surface area (Å²) in [5.74, 6) is 1.06. The fraction of sp³-hybridized carbons (Fsp3) is 0.474. The Kier molecular flexibility index (Phi) is 4.73. The van der Waals surface area contributed by atoms with E-state index in [4.69, 9.17) is 21.1 Å². The number of nitrogens with one attached hydrogen (secondary N) is 1. The van der Waals surface area contributed by atoms with Gasteiger partial charge >= 0.3 is 0 Å². The minimum absolute atomic E-state index is 0.390. The van der Waals surface area contributed by atoms with E-state index in [0.717, 1.165) is 48.6 Å². The Bertz CT molecular complexity index is 775. The lowest BCUT2D eigenvalue weighted by Crippen LogP contribution is -2.45. The van der Waals surface area contributed by atoms with Crippen LogP contribution < -0.4 is 10.2 Å². The molecule has 1 aromatic heterocycles. The first-order chi connectivity index (χ1) is 12.5. The molecule has 0 amide bonds. The van der Waals surface area contributed by atoms with Crippen molar-refractivity contribution in [3.8, 4) is 0 Å². The Balaban J connectivity index is 1.49. The first-order valence-corrected chi connectivity index (χ1v) is 9.32. The maximum absolute atomic E-state index is 6.40. The summed E-state index contributed by atoms with van der Waals surface area (Å²) >= 11 is 6.40. The van der Waals surface area contributed by atoms with Gasteiger partial charge < -0.3 is 19.7 Å². The number of aryl methyl sites for hydroxylation is 2. The molecule has 1 spiro atoms. The van der Waals surface area contributed by atoms with Crippen molar-refractivity contribution >= 4 is 29.1 Å². The highest BCUT2D eigenvalue weighted by Crippen LogP contribution is 2.33. The number of halogens is 1. The van der Waals surface area contributed by atoms with Crippen LogP contribution in [-0.2, 0) is 9.47 Å². The lowest BCUT2D eigenvalue weighted by Gasteiger charge is -2.37. The molecule has 2 saturated heterocycles. The number of aromatic nitrogens is 2. The molecule has 2 fully saturated rings. The van der Waals surface area contributed by atoms with E-state index in [0.29, 0.717) is 24.2 Å². The summed E-state index contributed by atoms with van der Waals surface area (Å²) in [5.41, 5.74) is 3.11. The Morgan fingerprint density at radius 2 is 1.88 bits per heavy atom. The molecule has 26 heavy (non-hydrogen) atoms. The molecular formula is C19H23ClN4O2. The molecule has 2 aliphatic heterocycles. The fourth-order valence-corrected chi connectivity index (χ4v) is 3.97. The number of piperidine rings is 1. The van der Waals surface area contributed by atoms with E-state index < -0.39 is 0 Å². The summed E-state index contributed by atoms with van der Waals surface area (Å²) in [6.45, 7) is 7.07. The summed E-state index contributed by atoms with van der Waals surface area (Å²) in [5, 5.41) is 4.03. The predicted octanol–water partition coefficient (Wildman–Crippen LogP) is 3.83. The molecule has 2 aliphatic rings. The summed E-state index contributed by atoms with van der Waals surface area (Å²) in [6.07, 6.45) is 3.43. The monoisotopic (exact) mass is 374 g/mol. The zero-order chi connectivity index (χ0) is 18.1. The van der Waals surface area contributed by atoms with E-state index in [2.05, 4.69) is 26.3 Å². The van der Waals surface area contributed by atoms with Gasteiger partial charge in [0.05, 0.1) is 23.9 Å². The van der Waals surface area contributed by atoms with Crippen molar-refractivity contribution in [2.75, 3.05) is 36.5 Å². The molecular weight excluding hydrogens is 352 g/mol. The van der Waals surface area contributed by atoms with E-state index in [9.17, 15) is 0 Å². The van der Waals surface area contributed by atoms with Gasteiger partial charge in [-0.1, -0.05) is 17.7 Å². The van der Waals surface area contributed by atoms with Crippen LogP contribution in [0.1, 0.15) is 24.0 Å². The van der Waals surface area contributed by atoms with Gasteiger partial charge in [-0.05, 0) is 37.1 Å². The normalized spacial score (nSPS) is 19.1. The van der Waals surface area contributed by atoms with Gasteiger partial charge in [0.25, 0.3) is 0 Å². The molecule has 0 radical (unpaired) electrons. The van der Waals surface area contributed by atoms with Crippen LogP contribution >= 0.6 is 11.6 Å². The lowest BCUT2D eigenvalue weighted by molar-refractivity contribution is -0.169. The minimum Gasteiger partial charge on any atom is -0.347 e. The third kappa shape index (κ3) is 3.49. The molecule has 2 aromatic rings. The second-order valence-corrected chi connectivity index (χ2v) is 7.31. The van der Waals surface area contributed by atoms with Crippen LogP contribution in [-0.4, -0.2) is 42.1 Å². The zero-order valence-electron chi connectivity index (χ0n) is 15.1. The summed E-state index contributed by atoms with van der Waals surface area (Å²) < 4.78 is 11.6. The van der Waals surface area contributed by atoms with Gasteiger partial charge in [0.1, 0.15) is 5.82 Å². The quantitative estimate of drug-likeness (QED) is 0.881. The third-order valence-corrected chi connectivity index (χ3v) is 5.25. The highest BCUT2D eigenvalue weighted by molar-refractivity contribution is 6.33. The summed E-state index contributed by atoms with van der Waals surface area (Å²) in [4.78, 5) is 11.3. The van der Waals surface area contributed by atoms with Crippen molar-refractivity contribution in [1.82, 2.24) is 9.97 Å². The second-order valence-electron chi connectivity index (χ2n) is 6.90. The Labute approximate surface area is 158 Å². The second kappa shape index (κ2) is 7.02. The maximum Gasteiger partial charge on any atom is 0.227 e. The van der Waals surface area contributed by atoms with Crippen molar-refractivity contribution in [3.63, 3.8) is 0 Å². The molecule has 7 heteroatoms. The smallest absolute Gasteiger partial charge is 0.227 e. The number of rotatable bonds is 3. The van der Waals surface area contributed by atoms with Gasteiger partial charge in [0.15, 0.2) is 5.79 Å². The van der Waals surface area contributed by atoms with Gasteiger partial charge in [-0.2, -0.15) is 4.98 Å². The first kappa shape index (κ1) is 17.5. The number of anilines is 3. The Morgan fingerprint density at radius 1 is 1.15 bits per heavy atom. The van der Waals surface area contributed by atoms with Crippen LogP contribution in [0.25, 0.3) is 0 Å². The molecule has 3 heterocycles. The number of hydrogen-bond acceptors (Lipinski definition) is 6. The zero-order valence-corrected chi connectivity index (χ0v) is 15.8. The average molecular weight is 375 g/mol. The van der Waals surface area contributed by atoms with Crippen molar-refractivity contribution in [2.45, 2.75) is 32.5 Å². The van der Waals surface area contributed by atoms with E-state index in [-0.39, 0.29) is 5.79 Å². The van der Waals surface area contributed by atoms with Gasteiger partial charge in [0.2, 0.25) is 5.95 Å². The molecule has 4 rings (SSSR count). The van der Waals surface area contributed by atoms with Crippen LogP contribution in [0.5, 0.6) is 0 Å².